The van der Waals surface area contributed by atoms with E-state index in [0.29, 0.717) is 0 Å². The van der Waals surface area contributed by atoms with Gasteiger partial charge >= 0.3 is 24.6 Å². The molecule has 0 saturated heterocycles. The molecule has 0 unspecified atom stereocenters. The monoisotopic (exact) mass is 346 g/mol. The summed E-state index contributed by atoms with van der Waals surface area (Å²) in [5.41, 5.74) is -11.6. The Hall–Kier alpha value is -0.880. The molecule has 2 atom stereocenters. The fraction of sp³-hybridized carbons (Fsp3) is 1.00. The lowest BCUT2D eigenvalue weighted by atomic mass is 10.1. The van der Waals surface area contributed by atoms with Crippen LogP contribution in [0.4, 0.5) is 52.7 Å². The van der Waals surface area contributed by atoms with Gasteiger partial charge in [0, 0.05) is 0 Å². The van der Waals surface area contributed by atoms with E-state index in [4.69, 9.17) is 0 Å². The van der Waals surface area contributed by atoms with E-state index in [2.05, 4.69) is 0 Å². The number of halogens is 12. The molecule has 0 fully saturated rings. The molecular weight excluding hydrogens is 340 g/mol. The summed E-state index contributed by atoms with van der Waals surface area (Å²) in [5, 5.41) is 0. The standard InChI is InChI=1S/C8H6F12O/c1-3(9,5(11,12)13)7(17,18)21-8(19,20)4(2,10)6(14,15)16/h1-2H3/t3-,4-/m1/s1. The van der Waals surface area contributed by atoms with E-state index in [-0.39, 0.29) is 0 Å². The second-order valence-corrected chi connectivity index (χ2v) is 4.14. The molecule has 0 aromatic carbocycles. The van der Waals surface area contributed by atoms with Gasteiger partial charge in [-0.25, -0.2) is 13.5 Å². The maximum absolute atomic E-state index is 12.9. The summed E-state index contributed by atoms with van der Waals surface area (Å²) < 4.78 is 150. The second kappa shape index (κ2) is 4.81. The summed E-state index contributed by atoms with van der Waals surface area (Å²) in [6, 6.07) is 0. The van der Waals surface area contributed by atoms with Crippen molar-refractivity contribution >= 4 is 0 Å². The molecule has 0 saturated carbocycles. The molecule has 0 N–H and O–H groups in total. The van der Waals surface area contributed by atoms with Gasteiger partial charge in [-0.3, -0.25) is 0 Å². The summed E-state index contributed by atoms with van der Waals surface area (Å²) >= 11 is 0. The van der Waals surface area contributed by atoms with Crippen LogP contribution in [0.25, 0.3) is 0 Å². The van der Waals surface area contributed by atoms with Crippen LogP contribution >= 0.6 is 0 Å². The van der Waals surface area contributed by atoms with Crippen LogP contribution in [0.2, 0.25) is 0 Å². The van der Waals surface area contributed by atoms with Crippen molar-refractivity contribution in [1.82, 2.24) is 0 Å². The van der Waals surface area contributed by atoms with Gasteiger partial charge in [0.05, 0.1) is 0 Å². The third kappa shape index (κ3) is 3.31. The number of hydrogen-bond donors (Lipinski definition) is 0. The third-order valence-corrected chi connectivity index (χ3v) is 2.41. The Labute approximate surface area is 108 Å². The van der Waals surface area contributed by atoms with Crippen molar-refractivity contribution in [3.8, 4) is 0 Å². The van der Waals surface area contributed by atoms with Gasteiger partial charge in [0.1, 0.15) is 0 Å². The van der Waals surface area contributed by atoms with Crippen LogP contribution in [0.1, 0.15) is 13.8 Å². The first kappa shape index (κ1) is 20.1. The van der Waals surface area contributed by atoms with Gasteiger partial charge in [-0.15, -0.1) is 0 Å². The predicted octanol–water partition coefficient (Wildman–Crippen LogP) is 4.77. The molecule has 13 heteroatoms. The van der Waals surface area contributed by atoms with Gasteiger partial charge < -0.3 is 0 Å². The molecular formula is C8H6F12O. The average Bonchev–Trinajstić information content (AvgIpc) is 2.11. The summed E-state index contributed by atoms with van der Waals surface area (Å²) in [5.74, 6) is 0. The Morgan fingerprint density at radius 2 is 0.667 bits per heavy atom. The maximum Gasteiger partial charge on any atom is 0.430 e. The Balaban J connectivity index is 5.65. The van der Waals surface area contributed by atoms with Crippen molar-refractivity contribution in [3.05, 3.63) is 0 Å². The molecule has 0 aliphatic carbocycles. The molecule has 21 heavy (non-hydrogen) atoms. The lowest BCUT2D eigenvalue weighted by Gasteiger charge is -2.37. The van der Waals surface area contributed by atoms with E-state index in [1.807, 2.05) is 4.74 Å². The molecule has 0 radical (unpaired) electrons. The Morgan fingerprint density at radius 1 is 0.476 bits per heavy atom. The van der Waals surface area contributed by atoms with Crippen LogP contribution in [-0.2, 0) is 4.74 Å². The van der Waals surface area contributed by atoms with Gasteiger partial charge in [-0.1, -0.05) is 0 Å². The maximum atomic E-state index is 12.9. The molecule has 0 aromatic rings. The average molecular weight is 346 g/mol. The molecule has 0 bridgehead atoms. The minimum atomic E-state index is -6.49. The minimum Gasteiger partial charge on any atom is -0.250 e. The van der Waals surface area contributed by atoms with Gasteiger partial charge in [0.15, 0.2) is 0 Å². The molecule has 128 valence electrons. The van der Waals surface area contributed by atoms with Crippen LogP contribution in [0, 0.1) is 0 Å². The van der Waals surface area contributed by atoms with Crippen molar-refractivity contribution in [1.29, 1.82) is 0 Å². The van der Waals surface area contributed by atoms with E-state index in [1.54, 1.807) is 0 Å². The fourth-order valence-corrected chi connectivity index (χ4v) is 0.683. The summed E-state index contributed by atoms with van der Waals surface area (Å²) in [4.78, 5) is 0. The lowest BCUT2D eigenvalue weighted by Crippen LogP contribution is -2.62. The highest BCUT2D eigenvalue weighted by Gasteiger charge is 2.77. The second-order valence-electron chi connectivity index (χ2n) is 4.14. The number of rotatable bonds is 4. The quantitative estimate of drug-likeness (QED) is 0.667. The number of alkyl halides is 12. The molecule has 0 spiro atoms. The minimum absolute atomic E-state index is 0.952. The van der Waals surface area contributed by atoms with Crippen molar-refractivity contribution in [3.63, 3.8) is 0 Å². The summed E-state index contributed by atoms with van der Waals surface area (Å²) in [7, 11) is 0. The predicted molar refractivity (Wildman–Crippen MR) is 42.1 cm³/mol. The first-order valence-electron chi connectivity index (χ1n) is 4.68. The molecule has 0 aliphatic heterocycles. The van der Waals surface area contributed by atoms with Crippen molar-refractivity contribution in [2.75, 3.05) is 0 Å². The highest BCUT2D eigenvalue weighted by Crippen LogP contribution is 2.52. The normalized spacial score (nSPS) is 20.9. The molecule has 0 heterocycles. The molecule has 0 rings (SSSR count). The van der Waals surface area contributed by atoms with E-state index in [0.717, 1.165) is 0 Å². The fourth-order valence-electron chi connectivity index (χ4n) is 0.683. The number of ether oxygens (including phenoxy) is 1. The first-order valence-corrected chi connectivity index (χ1v) is 4.68. The zero-order valence-corrected chi connectivity index (χ0v) is 9.94. The van der Waals surface area contributed by atoms with Crippen LogP contribution < -0.4 is 0 Å². The SMILES string of the molecule is C[C@@](F)(C(F)(F)F)C(F)(F)OC(F)(F)[C@](C)(F)C(F)(F)F. The molecule has 0 amide bonds. The topological polar surface area (TPSA) is 9.23 Å². The Morgan fingerprint density at radius 3 is 0.810 bits per heavy atom. The smallest absolute Gasteiger partial charge is 0.250 e. The first-order chi connectivity index (χ1) is 8.71. The summed E-state index contributed by atoms with van der Waals surface area (Å²) in [6.07, 6.45) is -25.9. The van der Waals surface area contributed by atoms with E-state index in [9.17, 15) is 52.7 Å². The number of hydrogen-bond acceptors (Lipinski definition) is 1. The Bertz CT molecular complexity index is 340. The molecule has 0 aromatic heterocycles. The largest absolute Gasteiger partial charge is 0.430 e. The van der Waals surface area contributed by atoms with Gasteiger partial charge in [0.2, 0.25) is 0 Å². The van der Waals surface area contributed by atoms with Gasteiger partial charge in [0.25, 0.3) is 11.3 Å². The Kier molecular flexibility index (Phi) is 4.61. The van der Waals surface area contributed by atoms with E-state index in [1.165, 1.54) is 0 Å². The van der Waals surface area contributed by atoms with E-state index >= 15 is 0 Å². The van der Waals surface area contributed by atoms with Crippen molar-refractivity contribution in [2.45, 2.75) is 49.8 Å². The van der Waals surface area contributed by atoms with Crippen LogP contribution in [0.15, 0.2) is 0 Å². The van der Waals surface area contributed by atoms with Crippen LogP contribution in [0.3, 0.4) is 0 Å². The van der Waals surface area contributed by atoms with Crippen LogP contribution in [-0.4, -0.2) is 35.9 Å². The van der Waals surface area contributed by atoms with Crippen LogP contribution in [0.5, 0.6) is 0 Å². The third-order valence-electron chi connectivity index (χ3n) is 2.41. The zero-order chi connectivity index (χ0) is 17.7. The van der Waals surface area contributed by atoms with Gasteiger partial charge in [-0.2, -0.15) is 43.9 Å². The molecule has 0 aliphatic rings. The molecule has 1 nitrogen and oxygen atoms in total. The van der Waals surface area contributed by atoms with E-state index < -0.39 is 49.8 Å². The van der Waals surface area contributed by atoms with Crippen molar-refractivity contribution in [2.24, 2.45) is 0 Å². The highest BCUT2D eigenvalue weighted by atomic mass is 19.4. The van der Waals surface area contributed by atoms with Gasteiger partial charge in [-0.05, 0) is 13.8 Å². The highest BCUT2D eigenvalue weighted by molar-refractivity contribution is 4.96. The lowest BCUT2D eigenvalue weighted by molar-refractivity contribution is -0.477. The van der Waals surface area contributed by atoms with Crippen molar-refractivity contribution < 1.29 is 57.4 Å². The summed E-state index contributed by atoms with van der Waals surface area (Å²) in [6.45, 7) is -1.90. The zero-order valence-electron chi connectivity index (χ0n) is 9.94.